The van der Waals surface area contributed by atoms with Crippen LogP contribution in [0.25, 0.3) is 0 Å². The summed E-state index contributed by atoms with van der Waals surface area (Å²) in [7, 11) is 1.68. The minimum Gasteiger partial charge on any atom is -0.475 e. The Hall–Kier alpha value is -3.86. The smallest absolute Gasteiger partial charge is 0.372 e. The van der Waals surface area contributed by atoms with Gasteiger partial charge in [0, 0.05) is 13.2 Å². The van der Waals surface area contributed by atoms with E-state index in [0.29, 0.717) is 5.82 Å². The van der Waals surface area contributed by atoms with Crippen molar-refractivity contribution < 1.29 is 9.90 Å². The summed E-state index contributed by atoms with van der Waals surface area (Å²) >= 11 is 0. The largest absolute Gasteiger partial charge is 0.475 e. The Bertz CT molecular complexity index is 1110. The van der Waals surface area contributed by atoms with Crippen LogP contribution in [0.2, 0.25) is 0 Å². The van der Waals surface area contributed by atoms with E-state index in [9.17, 15) is 9.90 Å². The summed E-state index contributed by atoms with van der Waals surface area (Å²) < 4.78 is 1.51. The van der Waals surface area contributed by atoms with Gasteiger partial charge in [-0.15, -0.1) is 0 Å². The van der Waals surface area contributed by atoms with Gasteiger partial charge >= 0.3 is 5.97 Å². The average molecular weight is 397 g/mol. The number of hydrogen-bond acceptors (Lipinski definition) is 3. The zero-order chi connectivity index (χ0) is 21.1. The number of nitrogens with zero attached hydrogens (tertiary/aromatic N) is 2. The minimum atomic E-state index is -1.06. The molecule has 0 aliphatic heterocycles. The molecule has 0 saturated heterocycles. The Morgan fingerprint density at radius 2 is 1.37 bits per heavy atom. The van der Waals surface area contributed by atoms with E-state index in [1.54, 1.807) is 13.2 Å². The molecule has 0 unspecified atom stereocenters. The summed E-state index contributed by atoms with van der Waals surface area (Å²) in [5, 5.41) is 13.0. The first-order chi connectivity index (χ1) is 14.5. The first-order valence-corrected chi connectivity index (χ1v) is 9.74. The highest BCUT2D eigenvalue weighted by Gasteiger charge is 2.37. The van der Waals surface area contributed by atoms with E-state index in [0.717, 1.165) is 16.7 Å². The zero-order valence-electron chi connectivity index (χ0n) is 16.9. The SMILES string of the molecule is Cc1ccc(C(Nc2cn(C)c(C(=O)O)n2)(c2ccccc2)c2ccccc2)cc1. The second kappa shape index (κ2) is 7.87. The van der Waals surface area contributed by atoms with Crippen LogP contribution in [0.15, 0.2) is 91.1 Å². The number of aromatic carboxylic acids is 1. The van der Waals surface area contributed by atoms with Gasteiger partial charge in [0.15, 0.2) is 0 Å². The molecular formula is C25H23N3O2. The van der Waals surface area contributed by atoms with Crippen LogP contribution < -0.4 is 5.32 Å². The van der Waals surface area contributed by atoms with Gasteiger partial charge in [0.2, 0.25) is 5.82 Å². The molecule has 0 spiro atoms. The Labute approximate surface area is 175 Å². The number of aryl methyl sites for hydroxylation is 2. The molecule has 2 N–H and O–H groups in total. The Balaban J connectivity index is 1.98. The van der Waals surface area contributed by atoms with Crippen molar-refractivity contribution in [2.24, 2.45) is 7.05 Å². The molecule has 1 aromatic heterocycles. The van der Waals surface area contributed by atoms with E-state index in [1.165, 1.54) is 10.1 Å². The number of carboxylic acid groups (broad SMARTS) is 1. The fourth-order valence-electron chi connectivity index (χ4n) is 3.81. The van der Waals surface area contributed by atoms with Gasteiger partial charge in [-0.05, 0) is 23.6 Å². The number of carbonyl (C=O) groups is 1. The van der Waals surface area contributed by atoms with Crippen molar-refractivity contribution in [1.82, 2.24) is 9.55 Å². The molecule has 0 amide bonds. The van der Waals surface area contributed by atoms with Crippen molar-refractivity contribution in [3.05, 3.63) is 119 Å². The van der Waals surface area contributed by atoms with Crippen molar-refractivity contribution in [2.45, 2.75) is 12.5 Å². The third kappa shape index (κ3) is 3.46. The lowest BCUT2D eigenvalue weighted by Crippen LogP contribution is -2.38. The quantitative estimate of drug-likeness (QED) is 0.457. The van der Waals surface area contributed by atoms with E-state index in [1.807, 2.05) is 36.4 Å². The zero-order valence-corrected chi connectivity index (χ0v) is 16.9. The molecule has 0 bridgehead atoms. The van der Waals surface area contributed by atoms with E-state index in [4.69, 9.17) is 0 Å². The van der Waals surface area contributed by atoms with E-state index < -0.39 is 11.5 Å². The molecule has 0 fully saturated rings. The maximum atomic E-state index is 11.5. The van der Waals surface area contributed by atoms with E-state index >= 15 is 0 Å². The maximum Gasteiger partial charge on any atom is 0.372 e. The van der Waals surface area contributed by atoms with Crippen molar-refractivity contribution in [2.75, 3.05) is 5.32 Å². The topological polar surface area (TPSA) is 67.2 Å². The molecule has 1 heterocycles. The normalized spacial score (nSPS) is 11.3. The Morgan fingerprint density at radius 3 is 1.83 bits per heavy atom. The fourth-order valence-corrected chi connectivity index (χ4v) is 3.81. The predicted molar refractivity (Wildman–Crippen MR) is 118 cm³/mol. The molecule has 0 saturated carbocycles. The lowest BCUT2D eigenvalue weighted by molar-refractivity contribution is 0.0680. The summed E-state index contributed by atoms with van der Waals surface area (Å²) in [6, 6.07) is 28.6. The second-order valence-corrected chi connectivity index (χ2v) is 7.34. The highest BCUT2D eigenvalue weighted by molar-refractivity contribution is 5.84. The molecule has 0 aliphatic carbocycles. The molecule has 150 valence electrons. The number of hydrogen-bond donors (Lipinski definition) is 2. The molecule has 5 heteroatoms. The monoisotopic (exact) mass is 397 g/mol. The van der Waals surface area contributed by atoms with Crippen LogP contribution in [0.3, 0.4) is 0 Å². The van der Waals surface area contributed by atoms with E-state index in [2.05, 4.69) is 65.8 Å². The lowest BCUT2D eigenvalue weighted by Gasteiger charge is -2.37. The third-order valence-electron chi connectivity index (χ3n) is 5.28. The van der Waals surface area contributed by atoms with Crippen molar-refractivity contribution in [3.8, 4) is 0 Å². The van der Waals surface area contributed by atoms with Gasteiger partial charge in [0.1, 0.15) is 11.4 Å². The summed E-state index contributed by atoms with van der Waals surface area (Å²) in [5.74, 6) is -0.592. The van der Waals surface area contributed by atoms with Crippen molar-refractivity contribution >= 4 is 11.8 Å². The lowest BCUT2D eigenvalue weighted by atomic mass is 9.77. The van der Waals surface area contributed by atoms with Crippen molar-refractivity contribution in [3.63, 3.8) is 0 Å². The van der Waals surface area contributed by atoms with Gasteiger partial charge in [0.25, 0.3) is 0 Å². The van der Waals surface area contributed by atoms with Crippen LogP contribution in [0.1, 0.15) is 32.9 Å². The Kier molecular flexibility index (Phi) is 5.11. The number of aromatic nitrogens is 2. The number of imidazole rings is 1. The molecular weight excluding hydrogens is 374 g/mol. The molecule has 5 nitrogen and oxygen atoms in total. The minimum absolute atomic E-state index is 0.0172. The van der Waals surface area contributed by atoms with Crippen molar-refractivity contribution in [1.29, 1.82) is 0 Å². The van der Waals surface area contributed by atoms with Crippen LogP contribution in [0, 0.1) is 6.92 Å². The van der Waals surface area contributed by atoms with E-state index in [-0.39, 0.29) is 5.82 Å². The van der Waals surface area contributed by atoms with Crippen LogP contribution in [0.4, 0.5) is 5.82 Å². The van der Waals surface area contributed by atoms with Gasteiger partial charge < -0.3 is 15.0 Å². The molecule has 0 aliphatic rings. The molecule has 30 heavy (non-hydrogen) atoms. The number of anilines is 1. The number of carboxylic acids is 1. The van der Waals surface area contributed by atoms with Gasteiger partial charge in [-0.1, -0.05) is 90.5 Å². The Morgan fingerprint density at radius 1 is 0.867 bits per heavy atom. The molecule has 0 radical (unpaired) electrons. The van der Waals surface area contributed by atoms with Gasteiger partial charge in [0.05, 0.1) is 0 Å². The molecule has 3 aromatic carbocycles. The first-order valence-electron chi connectivity index (χ1n) is 9.74. The number of rotatable bonds is 6. The predicted octanol–water partition coefficient (Wildman–Crippen LogP) is 4.83. The molecule has 4 rings (SSSR count). The third-order valence-corrected chi connectivity index (χ3v) is 5.28. The van der Waals surface area contributed by atoms with Crippen LogP contribution in [-0.4, -0.2) is 20.6 Å². The average Bonchev–Trinajstić information content (AvgIpc) is 3.14. The van der Waals surface area contributed by atoms with Gasteiger partial charge in [-0.2, -0.15) is 0 Å². The maximum absolute atomic E-state index is 11.5. The highest BCUT2D eigenvalue weighted by atomic mass is 16.4. The summed E-state index contributed by atoms with van der Waals surface area (Å²) in [4.78, 5) is 15.9. The summed E-state index contributed by atoms with van der Waals surface area (Å²) in [5.41, 5.74) is 3.51. The standard InChI is InChI=1S/C25H23N3O2/c1-18-13-15-21(16-14-18)25(19-9-5-3-6-10-19,20-11-7-4-8-12-20)27-22-17-28(2)23(26-22)24(29)30/h3-17,27H,1-2H3,(H,29,30). The summed E-state index contributed by atoms with van der Waals surface area (Å²) in [6.07, 6.45) is 1.71. The highest BCUT2D eigenvalue weighted by Crippen LogP contribution is 2.39. The first kappa shape index (κ1) is 19.5. The summed E-state index contributed by atoms with van der Waals surface area (Å²) in [6.45, 7) is 2.06. The van der Waals surface area contributed by atoms with Crippen LogP contribution in [-0.2, 0) is 12.6 Å². The van der Waals surface area contributed by atoms with Crippen LogP contribution in [0.5, 0.6) is 0 Å². The second-order valence-electron chi connectivity index (χ2n) is 7.34. The van der Waals surface area contributed by atoms with Gasteiger partial charge in [-0.3, -0.25) is 0 Å². The number of nitrogens with one attached hydrogen (secondary N) is 1. The van der Waals surface area contributed by atoms with Crippen LogP contribution >= 0.6 is 0 Å². The molecule has 4 aromatic rings. The van der Waals surface area contributed by atoms with Gasteiger partial charge in [-0.25, -0.2) is 9.78 Å². The molecule has 0 atom stereocenters. The fraction of sp³-hybridized carbons (Fsp3) is 0.120. The number of benzene rings is 3.